The third-order valence-corrected chi connectivity index (χ3v) is 3.41. The molecule has 1 aliphatic heterocycles. The van der Waals surface area contributed by atoms with E-state index in [0.29, 0.717) is 13.0 Å². The van der Waals surface area contributed by atoms with Gasteiger partial charge in [0.15, 0.2) is 0 Å². The fraction of sp³-hybridized carbons (Fsp3) is 0.188. The molecule has 0 N–H and O–H groups in total. The van der Waals surface area contributed by atoms with Crippen molar-refractivity contribution in [3.05, 3.63) is 42.5 Å². The first-order valence-corrected chi connectivity index (χ1v) is 6.03. The standard InChI is InChI=1S/C16H13NO/c1-2-12-9-16(18)17(11-12)15-8-7-13-5-3-4-6-14(13)10-15/h1,3-8,10,12H,9,11H2. The molecule has 2 nitrogen and oxygen atoms in total. The van der Waals surface area contributed by atoms with E-state index in [9.17, 15) is 4.79 Å². The number of rotatable bonds is 1. The molecule has 0 radical (unpaired) electrons. The monoisotopic (exact) mass is 235 g/mol. The minimum atomic E-state index is 0.0453. The number of amides is 1. The van der Waals surface area contributed by atoms with Gasteiger partial charge in [0.05, 0.1) is 0 Å². The van der Waals surface area contributed by atoms with Crippen molar-refractivity contribution in [2.24, 2.45) is 5.92 Å². The van der Waals surface area contributed by atoms with E-state index in [4.69, 9.17) is 6.42 Å². The zero-order valence-corrected chi connectivity index (χ0v) is 9.97. The van der Waals surface area contributed by atoms with Gasteiger partial charge >= 0.3 is 0 Å². The van der Waals surface area contributed by atoms with Gasteiger partial charge in [0.1, 0.15) is 0 Å². The molecule has 18 heavy (non-hydrogen) atoms. The molecule has 1 heterocycles. The fourth-order valence-electron chi connectivity index (χ4n) is 2.41. The Morgan fingerprint density at radius 3 is 2.67 bits per heavy atom. The van der Waals surface area contributed by atoms with Gasteiger partial charge in [-0.05, 0) is 22.9 Å². The van der Waals surface area contributed by atoms with Gasteiger partial charge in [-0.2, -0.15) is 0 Å². The molecule has 2 aromatic rings. The van der Waals surface area contributed by atoms with E-state index in [1.165, 1.54) is 5.39 Å². The number of carbonyl (C=O) groups excluding carboxylic acids is 1. The van der Waals surface area contributed by atoms with E-state index in [-0.39, 0.29) is 11.8 Å². The summed E-state index contributed by atoms with van der Waals surface area (Å²) in [6.45, 7) is 0.633. The Bertz CT molecular complexity index is 653. The van der Waals surface area contributed by atoms with E-state index in [1.807, 2.05) is 30.3 Å². The van der Waals surface area contributed by atoms with Gasteiger partial charge in [-0.25, -0.2) is 0 Å². The summed E-state index contributed by atoms with van der Waals surface area (Å²) in [5.74, 6) is 2.83. The van der Waals surface area contributed by atoms with E-state index < -0.39 is 0 Å². The topological polar surface area (TPSA) is 20.3 Å². The second-order valence-electron chi connectivity index (χ2n) is 4.60. The van der Waals surface area contributed by atoms with Crippen LogP contribution in [0.2, 0.25) is 0 Å². The van der Waals surface area contributed by atoms with E-state index in [1.54, 1.807) is 4.90 Å². The van der Waals surface area contributed by atoms with Gasteiger partial charge in [0, 0.05) is 24.6 Å². The third kappa shape index (κ3) is 1.74. The predicted octanol–water partition coefficient (Wildman–Crippen LogP) is 2.83. The minimum absolute atomic E-state index is 0.0453. The zero-order chi connectivity index (χ0) is 12.5. The van der Waals surface area contributed by atoms with E-state index in [2.05, 4.69) is 18.1 Å². The van der Waals surface area contributed by atoms with Gasteiger partial charge in [-0.15, -0.1) is 12.3 Å². The molecule has 0 bridgehead atoms. The number of hydrogen-bond acceptors (Lipinski definition) is 1. The molecule has 1 saturated heterocycles. The molecule has 2 aromatic carbocycles. The maximum Gasteiger partial charge on any atom is 0.228 e. The zero-order valence-electron chi connectivity index (χ0n) is 9.97. The summed E-state index contributed by atoms with van der Waals surface area (Å²) in [7, 11) is 0. The Morgan fingerprint density at radius 1 is 1.17 bits per heavy atom. The van der Waals surface area contributed by atoms with Crippen LogP contribution < -0.4 is 4.90 Å². The molecule has 3 rings (SSSR count). The van der Waals surface area contributed by atoms with Crippen LogP contribution >= 0.6 is 0 Å². The minimum Gasteiger partial charge on any atom is -0.311 e. The smallest absolute Gasteiger partial charge is 0.228 e. The number of fused-ring (bicyclic) bond motifs is 1. The third-order valence-electron chi connectivity index (χ3n) is 3.41. The van der Waals surface area contributed by atoms with Crippen molar-refractivity contribution in [2.45, 2.75) is 6.42 Å². The Labute approximate surface area is 106 Å². The molecule has 1 aliphatic rings. The lowest BCUT2D eigenvalue weighted by Gasteiger charge is -2.16. The molecule has 0 aromatic heterocycles. The van der Waals surface area contributed by atoms with Crippen LogP contribution in [0.5, 0.6) is 0 Å². The number of benzene rings is 2. The molecular formula is C16H13NO. The van der Waals surface area contributed by atoms with Crippen LogP contribution in [-0.4, -0.2) is 12.5 Å². The Hall–Kier alpha value is -2.27. The average Bonchev–Trinajstić information content (AvgIpc) is 2.79. The summed E-state index contributed by atoms with van der Waals surface area (Å²) in [5.41, 5.74) is 0.941. The summed E-state index contributed by atoms with van der Waals surface area (Å²) < 4.78 is 0. The van der Waals surface area contributed by atoms with Gasteiger partial charge in [-0.3, -0.25) is 4.79 Å². The Morgan fingerprint density at radius 2 is 1.94 bits per heavy atom. The molecule has 0 saturated carbocycles. The summed E-state index contributed by atoms with van der Waals surface area (Å²) >= 11 is 0. The molecule has 0 aliphatic carbocycles. The van der Waals surface area contributed by atoms with Crippen molar-refractivity contribution in [3.8, 4) is 12.3 Å². The number of carbonyl (C=O) groups is 1. The maximum absolute atomic E-state index is 11.9. The highest BCUT2D eigenvalue weighted by Gasteiger charge is 2.29. The molecule has 88 valence electrons. The highest BCUT2D eigenvalue weighted by atomic mass is 16.2. The number of nitrogens with zero attached hydrogens (tertiary/aromatic N) is 1. The van der Waals surface area contributed by atoms with Crippen LogP contribution in [0.25, 0.3) is 10.8 Å². The fourth-order valence-corrected chi connectivity index (χ4v) is 2.41. The number of hydrogen-bond donors (Lipinski definition) is 0. The van der Waals surface area contributed by atoms with Gasteiger partial charge in [0.25, 0.3) is 0 Å². The number of anilines is 1. The molecule has 0 spiro atoms. The van der Waals surface area contributed by atoms with Crippen LogP contribution in [-0.2, 0) is 4.79 Å². The highest BCUT2D eigenvalue weighted by molar-refractivity contribution is 5.98. The molecule has 1 atom stereocenters. The first-order valence-electron chi connectivity index (χ1n) is 6.03. The summed E-state index contributed by atoms with van der Waals surface area (Å²) in [6.07, 6.45) is 5.86. The predicted molar refractivity (Wildman–Crippen MR) is 73.2 cm³/mol. The van der Waals surface area contributed by atoms with Crippen molar-refractivity contribution in [1.29, 1.82) is 0 Å². The average molecular weight is 235 g/mol. The normalized spacial score (nSPS) is 19.2. The van der Waals surface area contributed by atoms with Crippen LogP contribution in [0.1, 0.15) is 6.42 Å². The van der Waals surface area contributed by atoms with Gasteiger partial charge < -0.3 is 4.90 Å². The van der Waals surface area contributed by atoms with Crippen molar-refractivity contribution >= 4 is 22.4 Å². The molecule has 1 amide bonds. The van der Waals surface area contributed by atoms with Crippen molar-refractivity contribution in [1.82, 2.24) is 0 Å². The Balaban J connectivity index is 2.00. The van der Waals surface area contributed by atoms with Crippen LogP contribution in [0.4, 0.5) is 5.69 Å². The second-order valence-corrected chi connectivity index (χ2v) is 4.60. The highest BCUT2D eigenvalue weighted by Crippen LogP contribution is 2.27. The quantitative estimate of drug-likeness (QED) is 0.696. The molecule has 1 unspecified atom stereocenters. The first kappa shape index (κ1) is 10.9. The lowest BCUT2D eigenvalue weighted by Crippen LogP contribution is -2.24. The van der Waals surface area contributed by atoms with Crippen LogP contribution in [0, 0.1) is 18.3 Å². The van der Waals surface area contributed by atoms with Crippen LogP contribution in [0.3, 0.4) is 0 Å². The van der Waals surface area contributed by atoms with Gasteiger partial charge in [-0.1, -0.05) is 30.3 Å². The largest absolute Gasteiger partial charge is 0.311 e. The van der Waals surface area contributed by atoms with Gasteiger partial charge in [0.2, 0.25) is 5.91 Å². The lowest BCUT2D eigenvalue weighted by molar-refractivity contribution is -0.117. The van der Waals surface area contributed by atoms with Crippen molar-refractivity contribution < 1.29 is 4.79 Å². The summed E-state index contributed by atoms with van der Waals surface area (Å²) in [4.78, 5) is 13.7. The van der Waals surface area contributed by atoms with E-state index in [0.717, 1.165) is 11.1 Å². The van der Waals surface area contributed by atoms with E-state index >= 15 is 0 Å². The van der Waals surface area contributed by atoms with Crippen molar-refractivity contribution in [2.75, 3.05) is 11.4 Å². The maximum atomic E-state index is 11.9. The summed E-state index contributed by atoms with van der Waals surface area (Å²) in [5, 5.41) is 2.33. The SMILES string of the molecule is C#CC1CC(=O)N(c2ccc3ccccc3c2)C1. The second kappa shape index (κ2) is 4.19. The van der Waals surface area contributed by atoms with Crippen LogP contribution in [0.15, 0.2) is 42.5 Å². The number of terminal acetylenes is 1. The Kier molecular flexibility index (Phi) is 2.53. The van der Waals surface area contributed by atoms with Crippen molar-refractivity contribution in [3.63, 3.8) is 0 Å². The molecular weight excluding hydrogens is 222 g/mol. The molecule has 2 heteroatoms. The first-order chi connectivity index (χ1) is 8.78. The lowest BCUT2D eigenvalue weighted by atomic mass is 10.1. The summed E-state index contributed by atoms with van der Waals surface area (Å²) in [6, 6.07) is 14.2. The molecule has 1 fully saturated rings.